The van der Waals surface area contributed by atoms with E-state index in [-0.39, 0.29) is 24.1 Å². The van der Waals surface area contributed by atoms with Gasteiger partial charge < -0.3 is 19.3 Å². The maximum Gasteiger partial charge on any atom is 0.255 e. The van der Waals surface area contributed by atoms with Crippen LogP contribution < -0.4 is 14.8 Å². The molecule has 210 valence electrons. The zero-order valence-electron chi connectivity index (χ0n) is 23.2. The molecule has 0 aromatic heterocycles. The Balaban J connectivity index is 1.15. The molecule has 0 aliphatic carbocycles. The van der Waals surface area contributed by atoms with E-state index >= 15 is 0 Å². The van der Waals surface area contributed by atoms with E-state index in [1.54, 1.807) is 19.1 Å². The first-order valence-corrected chi connectivity index (χ1v) is 14.0. The lowest BCUT2D eigenvalue weighted by atomic mass is 9.73. The second-order valence-corrected chi connectivity index (χ2v) is 10.9. The molecule has 3 aliphatic rings. The molecule has 3 heterocycles. The Hall–Kier alpha value is -3.90. The third-order valence-electron chi connectivity index (χ3n) is 8.69. The normalized spacial score (nSPS) is 20.6. The second-order valence-electron chi connectivity index (χ2n) is 10.9. The van der Waals surface area contributed by atoms with Crippen LogP contribution in [0.4, 0.5) is 0 Å². The van der Waals surface area contributed by atoms with Gasteiger partial charge in [-0.25, -0.2) is 0 Å². The molecule has 3 amide bonds. The summed E-state index contributed by atoms with van der Waals surface area (Å²) in [6, 6.07) is 13.6. The van der Waals surface area contributed by atoms with Gasteiger partial charge in [0.05, 0.1) is 25.7 Å². The lowest BCUT2D eigenvalue weighted by Crippen LogP contribution is -2.52. The number of nitrogens with zero attached hydrogens (tertiary/aromatic N) is 3. The average molecular weight is 545 g/mol. The van der Waals surface area contributed by atoms with Gasteiger partial charge in [-0.1, -0.05) is 24.3 Å². The van der Waals surface area contributed by atoms with E-state index in [9.17, 15) is 19.6 Å². The number of nitrogens with one attached hydrogen (secondary N) is 1. The first-order chi connectivity index (χ1) is 19.4. The number of imide groups is 1. The van der Waals surface area contributed by atoms with Crippen LogP contribution in [0.2, 0.25) is 0 Å². The van der Waals surface area contributed by atoms with Gasteiger partial charge >= 0.3 is 0 Å². The number of methoxy groups -OCH3 is 2. The molecule has 2 aromatic rings. The molecule has 2 aromatic carbocycles. The summed E-state index contributed by atoms with van der Waals surface area (Å²) in [5.41, 5.74) is 3.12. The quantitative estimate of drug-likeness (QED) is 0.381. The molecule has 0 saturated carbocycles. The highest BCUT2D eigenvalue weighted by Crippen LogP contribution is 2.43. The van der Waals surface area contributed by atoms with Crippen molar-refractivity contribution >= 4 is 17.7 Å². The first kappa shape index (κ1) is 27.7. The summed E-state index contributed by atoms with van der Waals surface area (Å²) in [6.45, 7) is 3.04. The third kappa shape index (κ3) is 5.16. The molecular weight excluding hydrogens is 508 g/mol. The number of carbonyl (C=O) groups is 3. The Morgan fingerprint density at radius 3 is 2.52 bits per heavy atom. The zero-order chi connectivity index (χ0) is 28.3. The minimum Gasteiger partial charge on any atom is -0.493 e. The lowest BCUT2D eigenvalue weighted by molar-refractivity contribution is -0.136. The monoisotopic (exact) mass is 544 g/mol. The summed E-state index contributed by atoms with van der Waals surface area (Å²) in [5.74, 6) is 0.494. The summed E-state index contributed by atoms with van der Waals surface area (Å²) in [5, 5.41) is 12.6. The Labute approximate surface area is 235 Å². The number of carbonyl (C=O) groups excluding carboxylic acids is 3. The Bertz CT molecular complexity index is 1340. The summed E-state index contributed by atoms with van der Waals surface area (Å²) >= 11 is 0. The zero-order valence-corrected chi connectivity index (χ0v) is 23.2. The van der Waals surface area contributed by atoms with Crippen LogP contribution in [0, 0.1) is 11.3 Å². The molecular formula is C31H36N4O5. The third-order valence-corrected chi connectivity index (χ3v) is 8.69. The smallest absolute Gasteiger partial charge is 0.255 e. The van der Waals surface area contributed by atoms with Crippen LogP contribution in [0.3, 0.4) is 0 Å². The van der Waals surface area contributed by atoms with E-state index in [1.807, 2.05) is 30.3 Å². The van der Waals surface area contributed by atoms with Crippen molar-refractivity contribution in [2.24, 2.45) is 0 Å². The highest BCUT2D eigenvalue weighted by Gasteiger charge is 2.41. The Morgan fingerprint density at radius 2 is 1.82 bits per heavy atom. The number of amides is 3. The van der Waals surface area contributed by atoms with Crippen molar-refractivity contribution in [3.8, 4) is 17.6 Å². The molecule has 1 N–H and O–H groups in total. The van der Waals surface area contributed by atoms with Gasteiger partial charge in [0.1, 0.15) is 6.04 Å². The molecule has 0 bridgehead atoms. The van der Waals surface area contributed by atoms with E-state index in [2.05, 4.69) is 22.4 Å². The van der Waals surface area contributed by atoms with Crippen LogP contribution in [0.1, 0.15) is 65.6 Å². The second kappa shape index (κ2) is 11.7. The number of fused-ring (bicyclic) bond motifs is 1. The summed E-state index contributed by atoms with van der Waals surface area (Å²) in [6.07, 6.45) is 4.94. The van der Waals surface area contributed by atoms with Gasteiger partial charge in [0, 0.05) is 24.1 Å². The standard InChI is InChI=1S/C31H36N4O5/c1-39-26-11-6-10-24(28(26)40-2)31(20-32)14-17-34(18-15-31)16-4-3-7-21-8-5-9-22-23(21)19-35(30(22)38)25-12-13-27(36)33-29(25)37/h5-6,8-11,25H,3-4,7,12-19H2,1-2H3,(H,33,36,37). The van der Waals surface area contributed by atoms with Crippen LogP contribution in [-0.4, -0.2) is 67.4 Å². The molecule has 1 atom stereocenters. The maximum atomic E-state index is 13.1. The number of likely N-dealkylation sites (tertiary alicyclic amines) is 1. The largest absolute Gasteiger partial charge is 0.493 e. The number of aryl methyl sites for hydroxylation is 1. The molecule has 0 radical (unpaired) electrons. The molecule has 40 heavy (non-hydrogen) atoms. The summed E-state index contributed by atoms with van der Waals surface area (Å²) in [7, 11) is 3.23. The predicted molar refractivity (Wildman–Crippen MR) is 148 cm³/mol. The van der Waals surface area contributed by atoms with Gasteiger partial charge in [-0.15, -0.1) is 0 Å². The number of hydrogen-bond acceptors (Lipinski definition) is 7. The molecule has 3 aliphatic heterocycles. The summed E-state index contributed by atoms with van der Waals surface area (Å²) in [4.78, 5) is 41.0. The number of benzene rings is 2. The number of rotatable bonds is 9. The average Bonchev–Trinajstić information content (AvgIpc) is 3.31. The molecule has 1 unspecified atom stereocenters. The van der Waals surface area contributed by atoms with Gasteiger partial charge in [-0.2, -0.15) is 5.26 Å². The summed E-state index contributed by atoms with van der Waals surface area (Å²) < 4.78 is 11.1. The van der Waals surface area contributed by atoms with Crippen LogP contribution in [0.25, 0.3) is 0 Å². The molecule has 0 spiro atoms. The van der Waals surface area contributed by atoms with Crippen molar-refractivity contribution in [3.05, 3.63) is 58.7 Å². The van der Waals surface area contributed by atoms with Gasteiger partial charge in [0.25, 0.3) is 5.91 Å². The van der Waals surface area contributed by atoms with Gasteiger partial charge in [0.15, 0.2) is 11.5 Å². The van der Waals surface area contributed by atoms with E-state index in [1.165, 1.54) is 0 Å². The fourth-order valence-corrected chi connectivity index (χ4v) is 6.40. The number of para-hydroxylation sites is 1. The minimum absolute atomic E-state index is 0.131. The highest BCUT2D eigenvalue weighted by molar-refractivity contribution is 6.05. The maximum absolute atomic E-state index is 13.1. The first-order valence-electron chi connectivity index (χ1n) is 14.0. The topological polar surface area (TPSA) is 112 Å². The Morgan fingerprint density at radius 1 is 1.05 bits per heavy atom. The van der Waals surface area contributed by atoms with Crippen molar-refractivity contribution in [2.45, 2.75) is 62.9 Å². The van der Waals surface area contributed by atoms with E-state index in [0.717, 1.165) is 68.4 Å². The number of unbranched alkanes of at least 4 members (excludes halogenated alkanes) is 1. The van der Waals surface area contributed by atoms with E-state index in [0.29, 0.717) is 30.0 Å². The van der Waals surface area contributed by atoms with Crippen molar-refractivity contribution in [1.82, 2.24) is 15.1 Å². The SMILES string of the molecule is COc1cccc(C2(C#N)CCN(CCCCc3cccc4c3CN(C3CCC(=O)NC3=O)C4=O)CC2)c1OC. The van der Waals surface area contributed by atoms with Gasteiger partial charge in [-0.05, 0) is 81.4 Å². The molecule has 9 nitrogen and oxygen atoms in total. The number of nitriles is 1. The van der Waals surface area contributed by atoms with Crippen molar-refractivity contribution < 1.29 is 23.9 Å². The lowest BCUT2D eigenvalue weighted by Gasteiger charge is -2.38. The van der Waals surface area contributed by atoms with E-state index < -0.39 is 11.5 Å². The van der Waals surface area contributed by atoms with E-state index in [4.69, 9.17) is 9.47 Å². The molecule has 2 fully saturated rings. The van der Waals surface area contributed by atoms with Crippen LogP contribution in [0.5, 0.6) is 11.5 Å². The fraction of sp³-hybridized carbons (Fsp3) is 0.484. The Kier molecular flexibility index (Phi) is 8.08. The fourth-order valence-electron chi connectivity index (χ4n) is 6.40. The van der Waals surface area contributed by atoms with Gasteiger partial charge in [-0.3, -0.25) is 19.7 Å². The molecule has 5 rings (SSSR count). The van der Waals surface area contributed by atoms with Gasteiger partial charge in [0.2, 0.25) is 11.8 Å². The van der Waals surface area contributed by atoms with Crippen molar-refractivity contribution in [1.29, 1.82) is 5.26 Å². The number of piperidine rings is 2. The molecule has 9 heteroatoms. The van der Waals surface area contributed by atoms with Crippen LogP contribution in [-0.2, 0) is 28.0 Å². The number of ether oxygens (including phenoxy) is 2. The van der Waals surface area contributed by atoms with Crippen molar-refractivity contribution in [3.63, 3.8) is 0 Å². The van der Waals surface area contributed by atoms with Crippen LogP contribution in [0.15, 0.2) is 36.4 Å². The minimum atomic E-state index is -0.595. The highest BCUT2D eigenvalue weighted by atomic mass is 16.5. The van der Waals surface area contributed by atoms with Crippen molar-refractivity contribution in [2.75, 3.05) is 33.9 Å². The van der Waals surface area contributed by atoms with Crippen LogP contribution >= 0.6 is 0 Å². The molecule has 2 saturated heterocycles. The predicted octanol–water partition coefficient (Wildman–Crippen LogP) is 3.34. The number of hydrogen-bond donors (Lipinski definition) is 1.